The van der Waals surface area contributed by atoms with E-state index in [1.54, 1.807) is 13.0 Å². The maximum Gasteiger partial charge on any atom is 0.471 e. The van der Waals surface area contributed by atoms with Crippen LogP contribution in [0.3, 0.4) is 0 Å². The van der Waals surface area contributed by atoms with E-state index < -0.39 is 23.8 Å². The van der Waals surface area contributed by atoms with Gasteiger partial charge in [0, 0.05) is 19.0 Å². The molecule has 0 aromatic heterocycles. The Hall–Kier alpha value is -1.30. The van der Waals surface area contributed by atoms with Crippen molar-refractivity contribution in [3.8, 4) is 0 Å². The van der Waals surface area contributed by atoms with Crippen molar-refractivity contribution in [1.29, 1.82) is 0 Å². The fourth-order valence-corrected chi connectivity index (χ4v) is 2.65. The van der Waals surface area contributed by atoms with Gasteiger partial charge in [0.05, 0.1) is 5.02 Å². The summed E-state index contributed by atoms with van der Waals surface area (Å²) in [6, 6.07) is 2.97. The van der Waals surface area contributed by atoms with Crippen LogP contribution in [0.5, 0.6) is 0 Å². The highest BCUT2D eigenvalue weighted by Gasteiger charge is 2.43. The SMILES string of the molecule is C[C@@H]1CN(C(=O)C(F)(F)F)CCc2ccc(Cl)c(F)c21. The minimum Gasteiger partial charge on any atom is -0.334 e. The fraction of sp³-hybridized carbons (Fsp3) is 0.462. The first-order chi connectivity index (χ1) is 9.21. The molecule has 0 radical (unpaired) electrons. The quantitative estimate of drug-likeness (QED) is 0.671. The van der Waals surface area contributed by atoms with Crippen molar-refractivity contribution in [2.24, 2.45) is 0 Å². The zero-order chi connectivity index (χ0) is 15.1. The molecule has 0 unspecified atom stereocenters. The second kappa shape index (κ2) is 5.24. The highest BCUT2D eigenvalue weighted by Crippen LogP contribution is 2.32. The number of fused-ring (bicyclic) bond motifs is 1. The van der Waals surface area contributed by atoms with Gasteiger partial charge in [-0.1, -0.05) is 24.6 Å². The van der Waals surface area contributed by atoms with Gasteiger partial charge in [-0.25, -0.2) is 4.39 Å². The first kappa shape index (κ1) is 15.1. The van der Waals surface area contributed by atoms with Crippen LogP contribution in [0.15, 0.2) is 12.1 Å². The third kappa shape index (κ3) is 2.75. The standard InChI is InChI=1S/C13H12ClF4NO/c1-7-6-19(12(20)13(16,17)18)5-4-8-2-3-9(14)11(15)10(7)8/h2-3,7H,4-6H2,1H3/t7-/m1/s1. The van der Waals surface area contributed by atoms with Crippen LogP contribution in [0.2, 0.25) is 5.02 Å². The molecule has 1 heterocycles. The summed E-state index contributed by atoms with van der Waals surface area (Å²) in [5.41, 5.74) is 0.895. The van der Waals surface area contributed by atoms with Crippen LogP contribution in [0.4, 0.5) is 17.6 Å². The molecule has 2 rings (SSSR count). The maximum absolute atomic E-state index is 14.0. The van der Waals surface area contributed by atoms with Gasteiger partial charge in [-0.2, -0.15) is 13.2 Å². The van der Waals surface area contributed by atoms with Gasteiger partial charge in [-0.05, 0) is 23.6 Å². The highest BCUT2D eigenvalue weighted by molar-refractivity contribution is 6.30. The zero-order valence-electron chi connectivity index (χ0n) is 10.6. The lowest BCUT2D eigenvalue weighted by Crippen LogP contribution is -2.42. The van der Waals surface area contributed by atoms with Gasteiger partial charge in [0.2, 0.25) is 0 Å². The number of halogens is 5. The summed E-state index contributed by atoms with van der Waals surface area (Å²) >= 11 is 5.70. The molecule has 1 aliphatic rings. The molecule has 0 spiro atoms. The van der Waals surface area contributed by atoms with E-state index in [0.717, 1.165) is 4.90 Å². The highest BCUT2D eigenvalue weighted by atomic mass is 35.5. The minimum atomic E-state index is -4.91. The number of hydrogen-bond acceptors (Lipinski definition) is 1. The van der Waals surface area contributed by atoms with E-state index in [9.17, 15) is 22.4 Å². The van der Waals surface area contributed by atoms with E-state index in [4.69, 9.17) is 11.6 Å². The van der Waals surface area contributed by atoms with E-state index in [2.05, 4.69) is 0 Å². The lowest BCUT2D eigenvalue weighted by atomic mass is 9.95. The fourth-order valence-electron chi connectivity index (χ4n) is 2.49. The number of amides is 1. The van der Waals surface area contributed by atoms with Crippen LogP contribution in [-0.4, -0.2) is 30.1 Å². The van der Waals surface area contributed by atoms with Crippen molar-refractivity contribution < 1.29 is 22.4 Å². The lowest BCUT2D eigenvalue weighted by molar-refractivity contribution is -0.185. The van der Waals surface area contributed by atoms with Gasteiger partial charge in [-0.15, -0.1) is 0 Å². The van der Waals surface area contributed by atoms with Gasteiger partial charge in [-0.3, -0.25) is 4.79 Å². The molecule has 2 nitrogen and oxygen atoms in total. The Labute approximate surface area is 118 Å². The molecule has 1 aromatic rings. The molecule has 0 saturated heterocycles. The molecular weight excluding hydrogens is 298 g/mol. The third-order valence-corrected chi connectivity index (χ3v) is 3.68. The first-order valence-electron chi connectivity index (χ1n) is 6.04. The molecule has 0 fully saturated rings. The number of nitrogens with zero attached hydrogens (tertiary/aromatic N) is 1. The monoisotopic (exact) mass is 309 g/mol. The van der Waals surface area contributed by atoms with E-state index in [0.29, 0.717) is 11.1 Å². The summed E-state index contributed by atoms with van der Waals surface area (Å²) in [5.74, 6) is -3.04. The van der Waals surface area contributed by atoms with Gasteiger partial charge in [0.25, 0.3) is 0 Å². The van der Waals surface area contributed by atoms with Crippen LogP contribution in [0.25, 0.3) is 0 Å². The molecule has 1 amide bonds. The normalized spacial score (nSPS) is 19.5. The summed E-state index contributed by atoms with van der Waals surface area (Å²) in [6.45, 7) is 1.32. The van der Waals surface area contributed by atoms with Crippen molar-refractivity contribution in [1.82, 2.24) is 4.90 Å². The Morgan fingerprint density at radius 3 is 2.65 bits per heavy atom. The molecular formula is C13H12ClF4NO. The second-order valence-corrected chi connectivity index (χ2v) is 5.24. The Morgan fingerprint density at radius 2 is 2.05 bits per heavy atom. The predicted octanol–water partition coefficient (Wildman–Crippen LogP) is 3.53. The number of carbonyl (C=O) groups is 1. The Kier molecular flexibility index (Phi) is 3.95. The maximum atomic E-state index is 14.0. The Morgan fingerprint density at radius 1 is 1.40 bits per heavy atom. The summed E-state index contributed by atoms with van der Waals surface area (Å²) in [4.78, 5) is 12.0. The minimum absolute atomic E-state index is 0.0637. The van der Waals surface area contributed by atoms with Gasteiger partial charge >= 0.3 is 12.1 Å². The predicted molar refractivity (Wildman–Crippen MR) is 66.2 cm³/mol. The van der Waals surface area contributed by atoms with Gasteiger partial charge in [0.15, 0.2) is 0 Å². The second-order valence-electron chi connectivity index (χ2n) is 4.83. The van der Waals surface area contributed by atoms with Crippen molar-refractivity contribution >= 4 is 17.5 Å². The smallest absolute Gasteiger partial charge is 0.334 e. The van der Waals surface area contributed by atoms with Gasteiger partial charge in [0.1, 0.15) is 5.82 Å². The van der Waals surface area contributed by atoms with Crippen molar-refractivity contribution in [2.45, 2.75) is 25.4 Å². The van der Waals surface area contributed by atoms with Crippen molar-refractivity contribution in [3.63, 3.8) is 0 Å². The summed E-state index contributed by atoms with van der Waals surface area (Å²) in [5, 5.41) is -0.0637. The lowest BCUT2D eigenvalue weighted by Gasteiger charge is -2.24. The average Bonchev–Trinajstić information content (AvgIpc) is 2.51. The van der Waals surface area contributed by atoms with E-state index >= 15 is 0 Å². The summed E-state index contributed by atoms with van der Waals surface area (Å²) in [7, 11) is 0. The zero-order valence-corrected chi connectivity index (χ0v) is 11.4. The van der Waals surface area contributed by atoms with Crippen LogP contribution in [0.1, 0.15) is 24.0 Å². The molecule has 1 atom stereocenters. The van der Waals surface area contributed by atoms with E-state index in [1.165, 1.54) is 6.07 Å². The van der Waals surface area contributed by atoms with Crippen LogP contribution < -0.4 is 0 Å². The number of alkyl halides is 3. The van der Waals surface area contributed by atoms with E-state index in [-0.39, 0.29) is 24.5 Å². The molecule has 0 N–H and O–H groups in total. The average molecular weight is 310 g/mol. The van der Waals surface area contributed by atoms with Crippen LogP contribution in [-0.2, 0) is 11.2 Å². The molecule has 1 aromatic carbocycles. The molecule has 0 saturated carbocycles. The van der Waals surface area contributed by atoms with Crippen molar-refractivity contribution in [2.75, 3.05) is 13.1 Å². The molecule has 110 valence electrons. The number of benzene rings is 1. The van der Waals surface area contributed by atoms with Gasteiger partial charge < -0.3 is 4.90 Å². The topological polar surface area (TPSA) is 20.3 Å². The Balaban J connectivity index is 2.33. The Bertz CT molecular complexity index is 544. The summed E-state index contributed by atoms with van der Waals surface area (Å²) < 4.78 is 51.5. The third-order valence-electron chi connectivity index (χ3n) is 3.39. The first-order valence-corrected chi connectivity index (χ1v) is 6.42. The molecule has 20 heavy (non-hydrogen) atoms. The molecule has 0 bridgehead atoms. The number of carbonyl (C=O) groups excluding carboxylic acids is 1. The van der Waals surface area contributed by atoms with Crippen LogP contribution >= 0.6 is 11.6 Å². The number of hydrogen-bond donors (Lipinski definition) is 0. The molecule has 7 heteroatoms. The van der Waals surface area contributed by atoms with E-state index in [1.807, 2.05) is 0 Å². The largest absolute Gasteiger partial charge is 0.471 e. The van der Waals surface area contributed by atoms with Crippen molar-refractivity contribution in [3.05, 3.63) is 34.1 Å². The summed E-state index contributed by atoms with van der Waals surface area (Å²) in [6.07, 6.45) is -4.73. The number of rotatable bonds is 0. The molecule has 1 aliphatic heterocycles. The molecule has 0 aliphatic carbocycles. The van der Waals surface area contributed by atoms with Crippen LogP contribution in [0, 0.1) is 5.82 Å².